The van der Waals surface area contributed by atoms with Crippen molar-refractivity contribution in [1.82, 2.24) is 4.90 Å². The van der Waals surface area contributed by atoms with Crippen LogP contribution in [0, 0.1) is 0 Å². The maximum absolute atomic E-state index is 13.4. The maximum Gasteiger partial charge on any atom is 0.254 e. The van der Waals surface area contributed by atoms with E-state index in [1.54, 1.807) is 14.2 Å². The van der Waals surface area contributed by atoms with Crippen LogP contribution < -0.4 is 9.47 Å². The molecule has 0 aliphatic carbocycles. The topological polar surface area (TPSA) is 38.8 Å². The highest BCUT2D eigenvalue weighted by molar-refractivity contribution is 5.94. The van der Waals surface area contributed by atoms with Gasteiger partial charge in [-0.1, -0.05) is 48.5 Å². The van der Waals surface area contributed by atoms with Gasteiger partial charge in [0.25, 0.3) is 5.91 Å². The number of methoxy groups -OCH3 is 2. The average molecular weight is 424 g/mol. The fourth-order valence-electron chi connectivity index (χ4n) is 4.08. The van der Waals surface area contributed by atoms with Crippen LogP contribution in [0.15, 0.2) is 72.8 Å². The summed E-state index contributed by atoms with van der Waals surface area (Å²) in [5, 5.41) is 0. The number of rotatable bonds is 5. The second-order valence-electron chi connectivity index (χ2n) is 7.23. The Hall–Kier alpha value is -2.98. The highest BCUT2D eigenvalue weighted by Crippen LogP contribution is 2.40. The van der Waals surface area contributed by atoms with Crippen LogP contribution in [0.25, 0.3) is 0 Å². The van der Waals surface area contributed by atoms with Gasteiger partial charge in [-0.15, -0.1) is 12.4 Å². The first kappa shape index (κ1) is 21.7. The Labute approximate surface area is 183 Å². The van der Waals surface area contributed by atoms with E-state index in [0.717, 1.165) is 29.7 Å². The molecule has 0 saturated carbocycles. The standard InChI is InChI=1S/C25H25NO3.ClH/c1-28-23-16-20-13-14-26(25(27)19-11-7-4-8-12-19)22(21(20)17-24(23)29-2)15-18-9-5-3-6-10-18;/h3-12,16-17,22H,13-15H2,1-2H3;1H. The van der Waals surface area contributed by atoms with E-state index in [1.165, 1.54) is 11.1 Å². The van der Waals surface area contributed by atoms with Crippen molar-refractivity contribution in [2.75, 3.05) is 20.8 Å². The molecule has 156 valence electrons. The second-order valence-corrected chi connectivity index (χ2v) is 7.23. The van der Waals surface area contributed by atoms with Gasteiger partial charge >= 0.3 is 0 Å². The molecule has 0 N–H and O–H groups in total. The molecular weight excluding hydrogens is 398 g/mol. The van der Waals surface area contributed by atoms with Crippen molar-refractivity contribution in [3.8, 4) is 11.5 Å². The Morgan fingerprint density at radius 3 is 2.17 bits per heavy atom. The van der Waals surface area contributed by atoms with Crippen molar-refractivity contribution in [2.24, 2.45) is 0 Å². The maximum atomic E-state index is 13.4. The summed E-state index contributed by atoms with van der Waals surface area (Å²) in [5.41, 5.74) is 4.25. The molecule has 0 radical (unpaired) electrons. The Kier molecular flexibility index (Phi) is 7.01. The van der Waals surface area contributed by atoms with Gasteiger partial charge in [0.15, 0.2) is 11.5 Å². The summed E-state index contributed by atoms with van der Waals surface area (Å²) < 4.78 is 11.0. The van der Waals surface area contributed by atoms with Crippen LogP contribution in [0.5, 0.6) is 11.5 Å². The number of carbonyl (C=O) groups is 1. The number of fused-ring (bicyclic) bond motifs is 1. The SMILES string of the molecule is COc1cc2c(cc1OC)C(Cc1ccccc1)N(C(=O)c1ccccc1)CC2.Cl. The number of hydrogen-bond acceptors (Lipinski definition) is 3. The summed E-state index contributed by atoms with van der Waals surface area (Å²) in [6.07, 6.45) is 1.54. The van der Waals surface area contributed by atoms with E-state index in [-0.39, 0.29) is 24.4 Å². The molecule has 30 heavy (non-hydrogen) atoms. The Morgan fingerprint density at radius 1 is 0.933 bits per heavy atom. The minimum absolute atomic E-state index is 0. The Bertz CT molecular complexity index is 992. The molecule has 3 aromatic carbocycles. The highest BCUT2D eigenvalue weighted by Gasteiger charge is 2.32. The number of amides is 1. The monoisotopic (exact) mass is 423 g/mol. The number of benzene rings is 3. The van der Waals surface area contributed by atoms with Crippen molar-refractivity contribution < 1.29 is 14.3 Å². The highest BCUT2D eigenvalue weighted by atomic mass is 35.5. The van der Waals surface area contributed by atoms with Gasteiger partial charge in [-0.2, -0.15) is 0 Å². The van der Waals surface area contributed by atoms with Crippen molar-refractivity contribution in [3.63, 3.8) is 0 Å². The zero-order valence-corrected chi connectivity index (χ0v) is 18.0. The van der Waals surface area contributed by atoms with Gasteiger partial charge in [-0.25, -0.2) is 0 Å². The molecule has 0 bridgehead atoms. The van der Waals surface area contributed by atoms with Gasteiger partial charge in [0.2, 0.25) is 0 Å². The predicted molar refractivity (Wildman–Crippen MR) is 121 cm³/mol. The molecule has 4 rings (SSSR count). The fourth-order valence-corrected chi connectivity index (χ4v) is 4.08. The van der Waals surface area contributed by atoms with Gasteiger partial charge in [0.1, 0.15) is 0 Å². The number of halogens is 1. The molecule has 1 unspecified atom stereocenters. The number of hydrogen-bond donors (Lipinski definition) is 0. The van der Waals surface area contributed by atoms with E-state index in [1.807, 2.05) is 59.5 Å². The lowest BCUT2D eigenvalue weighted by Crippen LogP contribution is -2.41. The molecule has 0 spiro atoms. The predicted octanol–water partition coefficient (Wildman–Crippen LogP) is 5.11. The zero-order valence-electron chi connectivity index (χ0n) is 17.2. The summed E-state index contributed by atoms with van der Waals surface area (Å²) in [6.45, 7) is 0.674. The summed E-state index contributed by atoms with van der Waals surface area (Å²) in [7, 11) is 3.30. The lowest BCUT2D eigenvalue weighted by Gasteiger charge is -2.38. The summed E-state index contributed by atoms with van der Waals surface area (Å²) in [4.78, 5) is 15.4. The van der Waals surface area contributed by atoms with Crippen LogP contribution in [-0.4, -0.2) is 31.6 Å². The molecule has 0 fully saturated rings. The third kappa shape index (κ3) is 4.29. The second kappa shape index (κ2) is 9.68. The third-order valence-electron chi connectivity index (χ3n) is 5.56. The molecule has 1 atom stereocenters. The summed E-state index contributed by atoms with van der Waals surface area (Å²) in [6, 6.07) is 23.8. The normalized spacial score (nSPS) is 15.0. The first-order valence-electron chi connectivity index (χ1n) is 9.86. The lowest BCUT2D eigenvalue weighted by atomic mass is 9.87. The molecule has 1 aliphatic rings. The molecule has 3 aromatic rings. The van der Waals surface area contributed by atoms with E-state index in [9.17, 15) is 4.79 Å². The van der Waals surface area contributed by atoms with Gasteiger partial charge in [0, 0.05) is 12.1 Å². The number of ether oxygens (including phenoxy) is 2. The zero-order chi connectivity index (χ0) is 20.2. The largest absolute Gasteiger partial charge is 0.493 e. The van der Waals surface area contributed by atoms with Crippen LogP contribution in [0.1, 0.15) is 33.1 Å². The van der Waals surface area contributed by atoms with Crippen LogP contribution in [0.4, 0.5) is 0 Å². The molecule has 1 heterocycles. The van der Waals surface area contributed by atoms with Gasteiger partial charge in [-0.05, 0) is 53.8 Å². The molecule has 4 nitrogen and oxygen atoms in total. The van der Waals surface area contributed by atoms with E-state index >= 15 is 0 Å². The summed E-state index contributed by atoms with van der Waals surface area (Å²) >= 11 is 0. The van der Waals surface area contributed by atoms with E-state index in [4.69, 9.17) is 9.47 Å². The summed E-state index contributed by atoms with van der Waals surface area (Å²) in [5.74, 6) is 1.48. The first-order valence-corrected chi connectivity index (χ1v) is 9.86. The van der Waals surface area contributed by atoms with Crippen molar-refractivity contribution >= 4 is 18.3 Å². The van der Waals surface area contributed by atoms with Crippen LogP contribution >= 0.6 is 12.4 Å². The molecule has 1 aliphatic heterocycles. The van der Waals surface area contributed by atoms with E-state index < -0.39 is 0 Å². The average Bonchev–Trinajstić information content (AvgIpc) is 2.79. The van der Waals surface area contributed by atoms with Crippen molar-refractivity contribution in [1.29, 1.82) is 0 Å². The number of carbonyl (C=O) groups excluding carboxylic acids is 1. The van der Waals surface area contributed by atoms with Crippen molar-refractivity contribution in [2.45, 2.75) is 18.9 Å². The van der Waals surface area contributed by atoms with Gasteiger partial charge in [0.05, 0.1) is 20.3 Å². The minimum Gasteiger partial charge on any atom is -0.493 e. The quantitative estimate of drug-likeness (QED) is 0.572. The molecule has 5 heteroatoms. The first-order chi connectivity index (χ1) is 14.2. The number of nitrogens with zero attached hydrogens (tertiary/aromatic N) is 1. The Morgan fingerprint density at radius 2 is 1.53 bits per heavy atom. The smallest absolute Gasteiger partial charge is 0.254 e. The molecular formula is C25H26ClNO3. The Balaban J connectivity index is 0.00000256. The molecule has 0 saturated heterocycles. The minimum atomic E-state index is -0.0614. The van der Waals surface area contributed by atoms with Crippen LogP contribution in [0.2, 0.25) is 0 Å². The van der Waals surface area contributed by atoms with Gasteiger partial charge in [-0.3, -0.25) is 4.79 Å². The molecule has 1 amide bonds. The van der Waals surface area contributed by atoms with E-state index in [2.05, 4.69) is 18.2 Å². The van der Waals surface area contributed by atoms with Gasteiger partial charge < -0.3 is 14.4 Å². The fraction of sp³-hybridized carbons (Fsp3) is 0.240. The van der Waals surface area contributed by atoms with Crippen LogP contribution in [-0.2, 0) is 12.8 Å². The molecule has 0 aromatic heterocycles. The third-order valence-corrected chi connectivity index (χ3v) is 5.56. The van der Waals surface area contributed by atoms with Crippen LogP contribution in [0.3, 0.4) is 0 Å². The van der Waals surface area contributed by atoms with Crippen molar-refractivity contribution in [3.05, 3.63) is 95.1 Å². The lowest BCUT2D eigenvalue weighted by molar-refractivity contribution is 0.0659. The van der Waals surface area contributed by atoms with E-state index in [0.29, 0.717) is 12.3 Å².